The molecule has 1 fully saturated rings. The van der Waals surface area contributed by atoms with Crippen LogP contribution >= 0.6 is 15.9 Å². The van der Waals surface area contributed by atoms with Gasteiger partial charge >= 0.3 is 0 Å². The Kier molecular flexibility index (Phi) is 2.47. The zero-order chi connectivity index (χ0) is 6.85. The number of alkyl halides is 2. The minimum absolute atomic E-state index is 0.209. The molecular formula is C6H11BrFN. The van der Waals surface area contributed by atoms with Crippen molar-refractivity contribution in [3.8, 4) is 0 Å². The molecule has 3 atom stereocenters. The minimum atomic E-state index is -0.789. The first-order chi connectivity index (χ1) is 4.20. The number of nitrogens with two attached hydrogens (primary N) is 1. The molecule has 3 heteroatoms. The molecule has 0 spiro atoms. The molecule has 1 aliphatic carbocycles. The Balaban J connectivity index is 2.35. The molecule has 1 aliphatic rings. The first-order valence-electron chi connectivity index (χ1n) is 3.24. The van der Waals surface area contributed by atoms with Gasteiger partial charge < -0.3 is 5.73 Å². The summed E-state index contributed by atoms with van der Waals surface area (Å²) in [6.07, 6.45) is 1.63. The van der Waals surface area contributed by atoms with Crippen molar-refractivity contribution in [3.05, 3.63) is 0 Å². The lowest BCUT2D eigenvalue weighted by molar-refractivity contribution is 0.224. The van der Waals surface area contributed by atoms with Crippen LogP contribution in [0.15, 0.2) is 0 Å². The van der Waals surface area contributed by atoms with Crippen LogP contribution < -0.4 is 5.73 Å². The molecule has 1 nitrogen and oxygen atoms in total. The van der Waals surface area contributed by atoms with Crippen LogP contribution in [0.5, 0.6) is 0 Å². The summed E-state index contributed by atoms with van der Waals surface area (Å²) in [5.74, 6) is 0. The van der Waals surface area contributed by atoms with Gasteiger partial charge in [0.05, 0.1) is 0 Å². The Labute approximate surface area is 62.9 Å². The Morgan fingerprint density at radius 2 is 2.11 bits per heavy atom. The van der Waals surface area contributed by atoms with Crippen molar-refractivity contribution >= 4 is 15.9 Å². The zero-order valence-corrected chi connectivity index (χ0v) is 6.77. The molecular weight excluding hydrogens is 185 g/mol. The van der Waals surface area contributed by atoms with Gasteiger partial charge in [-0.05, 0) is 19.3 Å². The van der Waals surface area contributed by atoms with Gasteiger partial charge in [-0.3, -0.25) is 0 Å². The first-order valence-corrected chi connectivity index (χ1v) is 4.15. The summed E-state index contributed by atoms with van der Waals surface area (Å²) in [5.41, 5.74) is 5.44. The van der Waals surface area contributed by atoms with Crippen molar-refractivity contribution in [1.29, 1.82) is 0 Å². The fourth-order valence-electron chi connectivity index (χ4n) is 1.09. The average molecular weight is 196 g/mol. The Hall–Kier alpha value is 0.370. The van der Waals surface area contributed by atoms with Crippen LogP contribution in [0, 0.1) is 0 Å². The third-order valence-electron chi connectivity index (χ3n) is 1.76. The third kappa shape index (κ3) is 1.90. The zero-order valence-electron chi connectivity index (χ0n) is 5.19. The van der Waals surface area contributed by atoms with Gasteiger partial charge in [0, 0.05) is 10.9 Å². The lowest BCUT2D eigenvalue weighted by Gasteiger charge is -2.25. The highest BCUT2D eigenvalue weighted by Gasteiger charge is 2.25. The predicted molar refractivity (Wildman–Crippen MR) is 39.4 cm³/mol. The van der Waals surface area contributed by atoms with E-state index in [9.17, 15) is 4.39 Å². The average Bonchev–Trinajstić information content (AvgIpc) is 1.80. The van der Waals surface area contributed by atoms with E-state index in [-0.39, 0.29) is 6.04 Å². The summed E-state index contributed by atoms with van der Waals surface area (Å²) in [4.78, 5) is 0.354. The summed E-state index contributed by atoms with van der Waals surface area (Å²) >= 11 is 3.36. The Morgan fingerprint density at radius 1 is 1.44 bits per heavy atom. The maximum atomic E-state index is 12.7. The fraction of sp³-hybridized carbons (Fsp3) is 1.00. The highest BCUT2D eigenvalue weighted by atomic mass is 79.9. The SMILES string of the molecule is N[C@@H]1CC[C@@H](Br)C[C@H]1F. The Morgan fingerprint density at radius 3 is 2.56 bits per heavy atom. The van der Waals surface area contributed by atoms with E-state index in [4.69, 9.17) is 5.73 Å². The highest BCUT2D eigenvalue weighted by molar-refractivity contribution is 9.09. The van der Waals surface area contributed by atoms with E-state index >= 15 is 0 Å². The molecule has 9 heavy (non-hydrogen) atoms. The minimum Gasteiger partial charge on any atom is -0.325 e. The lowest BCUT2D eigenvalue weighted by Crippen LogP contribution is -2.37. The summed E-state index contributed by atoms with van der Waals surface area (Å²) in [6, 6.07) is -0.209. The van der Waals surface area contributed by atoms with Gasteiger partial charge in [0.1, 0.15) is 6.17 Å². The fourth-order valence-corrected chi connectivity index (χ4v) is 1.71. The topological polar surface area (TPSA) is 26.0 Å². The second kappa shape index (κ2) is 2.97. The van der Waals surface area contributed by atoms with Crippen LogP contribution in [0.2, 0.25) is 0 Å². The van der Waals surface area contributed by atoms with Gasteiger partial charge in [0.25, 0.3) is 0 Å². The monoisotopic (exact) mass is 195 g/mol. The van der Waals surface area contributed by atoms with E-state index in [0.29, 0.717) is 11.2 Å². The molecule has 54 valence electrons. The standard InChI is InChI=1S/C6H11BrFN/c7-4-1-2-6(9)5(8)3-4/h4-6H,1-3,9H2/t4-,5-,6-/m1/s1. The van der Waals surface area contributed by atoms with Gasteiger partial charge in [-0.1, -0.05) is 15.9 Å². The number of rotatable bonds is 0. The second-order valence-corrected chi connectivity index (χ2v) is 3.89. The van der Waals surface area contributed by atoms with E-state index in [1.54, 1.807) is 0 Å². The predicted octanol–water partition coefficient (Wildman–Crippen LogP) is 1.60. The maximum absolute atomic E-state index is 12.7. The molecule has 0 bridgehead atoms. The van der Waals surface area contributed by atoms with Crippen molar-refractivity contribution in [1.82, 2.24) is 0 Å². The molecule has 0 unspecified atom stereocenters. The maximum Gasteiger partial charge on any atom is 0.116 e. The highest BCUT2D eigenvalue weighted by Crippen LogP contribution is 2.25. The molecule has 0 saturated heterocycles. The van der Waals surface area contributed by atoms with Crippen molar-refractivity contribution in [2.75, 3.05) is 0 Å². The van der Waals surface area contributed by atoms with E-state index < -0.39 is 6.17 Å². The van der Waals surface area contributed by atoms with E-state index in [0.717, 1.165) is 12.8 Å². The number of hydrogen-bond donors (Lipinski definition) is 1. The van der Waals surface area contributed by atoms with E-state index in [1.165, 1.54) is 0 Å². The van der Waals surface area contributed by atoms with Crippen LogP contribution in [0.4, 0.5) is 4.39 Å². The number of halogens is 2. The van der Waals surface area contributed by atoms with Gasteiger partial charge in [-0.2, -0.15) is 0 Å². The quantitative estimate of drug-likeness (QED) is 0.585. The molecule has 0 heterocycles. The molecule has 0 aliphatic heterocycles. The van der Waals surface area contributed by atoms with Crippen LogP contribution in [-0.2, 0) is 0 Å². The summed E-state index contributed by atoms with van der Waals surface area (Å²) in [7, 11) is 0. The second-order valence-electron chi connectivity index (χ2n) is 2.59. The molecule has 0 amide bonds. The third-order valence-corrected chi connectivity index (χ3v) is 2.59. The molecule has 1 saturated carbocycles. The smallest absolute Gasteiger partial charge is 0.116 e. The molecule has 2 N–H and O–H groups in total. The molecule has 0 aromatic carbocycles. The largest absolute Gasteiger partial charge is 0.325 e. The summed E-state index contributed by atoms with van der Waals surface area (Å²) in [5, 5.41) is 0. The van der Waals surface area contributed by atoms with Crippen molar-refractivity contribution < 1.29 is 4.39 Å². The van der Waals surface area contributed by atoms with Crippen LogP contribution in [0.1, 0.15) is 19.3 Å². The van der Waals surface area contributed by atoms with Crippen LogP contribution in [-0.4, -0.2) is 17.0 Å². The van der Waals surface area contributed by atoms with E-state index in [1.807, 2.05) is 0 Å². The van der Waals surface area contributed by atoms with Crippen LogP contribution in [0.25, 0.3) is 0 Å². The molecule has 0 radical (unpaired) electrons. The van der Waals surface area contributed by atoms with Gasteiger partial charge in [0.15, 0.2) is 0 Å². The molecule has 1 rings (SSSR count). The van der Waals surface area contributed by atoms with Gasteiger partial charge in [0.2, 0.25) is 0 Å². The van der Waals surface area contributed by atoms with Crippen LogP contribution in [0.3, 0.4) is 0 Å². The normalized spacial score (nSPS) is 45.0. The summed E-state index contributed by atoms with van der Waals surface area (Å²) < 4.78 is 12.7. The molecule has 0 aromatic heterocycles. The number of hydrogen-bond acceptors (Lipinski definition) is 1. The van der Waals surface area contributed by atoms with Gasteiger partial charge in [-0.15, -0.1) is 0 Å². The van der Waals surface area contributed by atoms with Gasteiger partial charge in [-0.25, -0.2) is 4.39 Å². The van der Waals surface area contributed by atoms with Crippen molar-refractivity contribution in [2.45, 2.75) is 36.3 Å². The summed E-state index contributed by atoms with van der Waals surface area (Å²) in [6.45, 7) is 0. The van der Waals surface area contributed by atoms with Crippen molar-refractivity contribution in [2.24, 2.45) is 5.73 Å². The lowest BCUT2D eigenvalue weighted by atomic mass is 9.94. The van der Waals surface area contributed by atoms with Crippen molar-refractivity contribution in [3.63, 3.8) is 0 Å². The van der Waals surface area contributed by atoms with E-state index in [2.05, 4.69) is 15.9 Å². The first kappa shape index (κ1) is 7.48. The molecule has 0 aromatic rings. The Bertz CT molecular complexity index is 99.1.